The molecule has 1 aromatic carbocycles. The molecule has 27 heavy (non-hydrogen) atoms. The minimum absolute atomic E-state index is 0.169. The Morgan fingerprint density at radius 2 is 1.78 bits per heavy atom. The summed E-state index contributed by atoms with van der Waals surface area (Å²) in [5.41, 5.74) is -0.489. The molecule has 0 aliphatic rings. The van der Waals surface area contributed by atoms with Gasteiger partial charge >= 0.3 is 5.97 Å². The van der Waals surface area contributed by atoms with Crippen molar-refractivity contribution in [1.82, 2.24) is 10.6 Å². The van der Waals surface area contributed by atoms with Gasteiger partial charge in [0.1, 0.15) is 11.6 Å². The Bertz CT molecular complexity index is 699. The number of amides is 2. The standard InChI is InChI=1S/C19H26Cl2N2O4/c1-11(2)8-15(18(26)27-19(3,4)5)23-16(24)10-22-17(25)13-9-12(20)6-7-14(13)21/h6-7,9,11,15H,8,10H2,1-5H3,(H,22,25)(H,23,24)/t15-/m0/s1. The van der Waals surface area contributed by atoms with Crippen LogP contribution in [0, 0.1) is 5.92 Å². The van der Waals surface area contributed by atoms with Gasteiger partial charge in [-0.15, -0.1) is 0 Å². The molecule has 0 saturated heterocycles. The molecule has 0 saturated carbocycles. The first-order valence-corrected chi connectivity index (χ1v) is 9.40. The Hall–Kier alpha value is -1.79. The van der Waals surface area contributed by atoms with Crippen molar-refractivity contribution >= 4 is 41.0 Å². The van der Waals surface area contributed by atoms with E-state index >= 15 is 0 Å². The van der Waals surface area contributed by atoms with Crippen LogP contribution >= 0.6 is 23.2 Å². The highest BCUT2D eigenvalue weighted by atomic mass is 35.5. The van der Waals surface area contributed by atoms with Gasteiger partial charge in [0.25, 0.3) is 5.91 Å². The normalized spacial score (nSPS) is 12.4. The van der Waals surface area contributed by atoms with E-state index in [1.54, 1.807) is 26.8 Å². The van der Waals surface area contributed by atoms with Gasteiger partial charge in [-0.05, 0) is 51.3 Å². The summed E-state index contributed by atoms with van der Waals surface area (Å²) in [6.07, 6.45) is 0.425. The van der Waals surface area contributed by atoms with E-state index in [4.69, 9.17) is 27.9 Å². The number of hydrogen-bond acceptors (Lipinski definition) is 4. The van der Waals surface area contributed by atoms with Crippen LogP contribution in [-0.2, 0) is 14.3 Å². The van der Waals surface area contributed by atoms with Crippen molar-refractivity contribution in [2.24, 2.45) is 5.92 Å². The third-order valence-corrected chi connectivity index (χ3v) is 3.88. The summed E-state index contributed by atoms with van der Waals surface area (Å²) in [7, 11) is 0. The highest BCUT2D eigenvalue weighted by molar-refractivity contribution is 6.35. The van der Waals surface area contributed by atoms with Gasteiger partial charge in [0.2, 0.25) is 5.91 Å². The summed E-state index contributed by atoms with van der Waals surface area (Å²) in [4.78, 5) is 36.7. The Morgan fingerprint density at radius 3 is 2.33 bits per heavy atom. The Labute approximate surface area is 169 Å². The molecule has 1 rings (SSSR count). The number of halogens is 2. The van der Waals surface area contributed by atoms with Crippen LogP contribution in [0.3, 0.4) is 0 Å². The number of ether oxygens (including phenoxy) is 1. The molecule has 0 spiro atoms. The third-order valence-electron chi connectivity index (χ3n) is 3.32. The Balaban J connectivity index is 2.69. The fraction of sp³-hybridized carbons (Fsp3) is 0.526. The lowest BCUT2D eigenvalue weighted by Crippen LogP contribution is -2.48. The van der Waals surface area contributed by atoms with Gasteiger partial charge in [-0.25, -0.2) is 4.79 Å². The molecule has 0 bridgehead atoms. The van der Waals surface area contributed by atoms with Gasteiger partial charge in [0.05, 0.1) is 17.1 Å². The first kappa shape index (κ1) is 23.2. The average molecular weight is 417 g/mol. The third kappa shape index (κ3) is 8.63. The van der Waals surface area contributed by atoms with E-state index in [9.17, 15) is 14.4 Å². The molecule has 1 atom stereocenters. The molecular formula is C19H26Cl2N2O4. The number of esters is 1. The SMILES string of the molecule is CC(C)C[C@H](NC(=O)CNC(=O)c1cc(Cl)ccc1Cl)C(=O)OC(C)(C)C. The summed E-state index contributed by atoms with van der Waals surface area (Å²) in [6.45, 7) is 8.84. The molecular weight excluding hydrogens is 391 g/mol. The average Bonchev–Trinajstić information content (AvgIpc) is 2.52. The lowest BCUT2D eigenvalue weighted by atomic mass is 10.0. The molecule has 6 nitrogen and oxygen atoms in total. The minimum Gasteiger partial charge on any atom is -0.458 e. The van der Waals surface area contributed by atoms with Crippen LogP contribution in [0.4, 0.5) is 0 Å². The second-order valence-corrected chi connectivity index (χ2v) is 8.43. The summed E-state index contributed by atoms with van der Waals surface area (Å²) >= 11 is 11.8. The molecule has 150 valence electrons. The van der Waals surface area contributed by atoms with E-state index < -0.39 is 29.4 Å². The van der Waals surface area contributed by atoms with E-state index in [1.165, 1.54) is 12.1 Å². The van der Waals surface area contributed by atoms with E-state index in [2.05, 4.69) is 10.6 Å². The van der Waals surface area contributed by atoms with Gasteiger partial charge in [0, 0.05) is 5.02 Å². The van der Waals surface area contributed by atoms with Crippen LogP contribution in [0.25, 0.3) is 0 Å². The molecule has 0 aromatic heterocycles. The minimum atomic E-state index is -0.789. The maximum atomic E-state index is 12.3. The van der Waals surface area contributed by atoms with Crippen molar-refractivity contribution in [1.29, 1.82) is 0 Å². The van der Waals surface area contributed by atoms with Gasteiger partial charge < -0.3 is 15.4 Å². The van der Waals surface area contributed by atoms with Gasteiger partial charge in [0.15, 0.2) is 0 Å². The smallest absolute Gasteiger partial charge is 0.329 e. The van der Waals surface area contributed by atoms with Crippen LogP contribution in [0.15, 0.2) is 18.2 Å². The van der Waals surface area contributed by atoms with E-state index in [0.717, 1.165) is 0 Å². The number of hydrogen-bond donors (Lipinski definition) is 2. The zero-order valence-electron chi connectivity index (χ0n) is 16.2. The van der Waals surface area contributed by atoms with E-state index in [0.29, 0.717) is 11.4 Å². The van der Waals surface area contributed by atoms with Crippen molar-refractivity contribution < 1.29 is 19.1 Å². The Morgan fingerprint density at radius 1 is 1.15 bits per heavy atom. The van der Waals surface area contributed by atoms with Crippen molar-refractivity contribution in [3.63, 3.8) is 0 Å². The molecule has 2 amide bonds. The molecule has 0 fully saturated rings. The second kappa shape index (κ2) is 9.95. The number of carbonyl (C=O) groups is 3. The van der Waals surface area contributed by atoms with Crippen molar-refractivity contribution in [3.05, 3.63) is 33.8 Å². The molecule has 0 aliphatic carbocycles. The predicted molar refractivity (Wildman–Crippen MR) is 106 cm³/mol. The predicted octanol–water partition coefficient (Wildman–Crippen LogP) is 3.60. The maximum absolute atomic E-state index is 12.3. The first-order chi connectivity index (χ1) is 12.4. The van der Waals surface area contributed by atoms with Crippen LogP contribution < -0.4 is 10.6 Å². The van der Waals surface area contributed by atoms with Gasteiger partial charge in [-0.2, -0.15) is 0 Å². The molecule has 0 unspecified atom stereocenters. The van der Waals surface area contributed by atoms with Crippen molar-refractivity contribution in [2.45, 2.75) is 52.7 Å². The summed E-state index contributed by atoms with van der Waals surface area (Å²) < 4.78 is 5.35. The molecule has 1 aromatic rings. The number of rotatable bonds is 7. The number of carbonyl (C=O) groups excluding carboxylic acids is 3. The largest absolute Gasteiger partial charge is 0.458 e. The maximum Gasteiger partial charge on any atom is 0.329 e. The summed E-state index contributed by atoms with van der Waals surface area (Å²) in [5.74, 6) is -1.37. The zero-order chi connectivity index (χ0) is 20.8. The van der Waals surface area contributed by atoms with Gasteiger partial charge in [-0.1, -0.05) is 37.0 Å². The van der Waals surface area contributed by atoms with Gasteiger partial charge in [-0.3, -0.25) is 9.59 Å². The fourth-order valence-corrected chi connectivity index (χ4v) is 2.61. The summed E-state index contributed by atoms with van der Waals surface area (Å²) in [5, 5.41) is 5.67. The van der Waals surface area contributed by atoms with E-state index in [-0.39, 0.29) is 23.0 Å². The van der Waals surface area contributed by atoms with Crippen molar-refractivity contribution in [2.75, 3.05) is 6.54 Å². The molecule has 0 heterocycles. The molecule has 0 radical (unpaired) electrons. The second-order valence-electron chi connectivity index (χ2n) is 7.59. The topological polar surface area (TPSA) is 84.5 Å². The van der Waals surface area contributed by atoms with E-state index in [1.807, 2.05) is 13.8 Å². The Kier molecular flexibility index (Phi) is 8.57. The number of nitrogens with one attached hydrogen (secondary N) is 2. The molecule has 8 heteroatoms. The highest BCUT2D eigenvalue weighted by Crippen LogP contribution is 2.20. The quantitative estimate of drug-likeness (QED) is 0.664. The molecule has 0 aliphatic heterocycles. The molecule has 2 N–H and O–H groups in total. The van der Waals surface area contributed by atoms with Crippen molar-refractivity contribution in [3.8, 4) is 0 Å². The first-order valence-electron chi connectivity index (χ1n) is 8.64. The van der Waals surface area contributed by atoms with Crippen LogP contribution in [0.1, 0.15) is 51.4 Å². The monoisotopic (exact) mass is 416 g/mol. The fourth-order valence-electron chi connectivity index (χ4n) is 2.23. The van der Waals surface area contributed by atoms with Crippen LogP contribution in [0.2, 0.25) is 10.0 Å². The number of benzene rings is 1. The lowest BCUT2D eigenvalue weighted by Gasteiger charge is -2.25. The van der Waals surface area contributed by atoms with Crippen LogP contribution in [-0.4, -0.2) is 36.0 Å². The lowest BCUT2D eigenvalue weighted by molar-refractivity contribution is -0.159. The van der Waals surface area contributed by atoms with Crippen LogP contribution in [0.5, 0.6) is 0 Å². The summed E-state index contributed by atoms with van der Waals surface area (Å²) in [6, 6.07) is 3.69. The zero-order valence-corrected chi connectivity index (χ0v) is 17.7. The highest BCUT2D eigenvalue weighted by Gasteiger charge is 2.27.